The molecule has 0 aromatic heterocycles. The number of hydrogen-bond acceptors (Lipinski definition) is 2. The van der Waals surface area contributed by atoms with Crippen molar-refractivity contribution >= 4 is 11.9 Å². The van der Waals surface area contributed by atoms with Gasteiger partial charge < -0.3 is 10.4 Å². The van der Waals surface area contributed by atoms with Crippen LogP contribution in [0.1, 0.15) is 51.4 Å². The van der Waals surface area contributed by atoms with E-state index in [2.05, 4.69) is 5.32 Å². The van der Waals surface area contributed by atoms with Crippen LogP contribution in [-0.2, 0) is 9.59 Å². The molecular formula is C18H25NO3. The van der Waals surface area contributed by atoms with Gasteiger partial charge >= 0.3 is 5.97 Å². The third-order valence-corrected chi connectivity index (χ3v) is 6.51. The normalized spacial score (nSPS) is 45.7. The predicted molar refractivity (Wildman–Crippen MR) is 82.0 cm³/mol. The Morgan fingerprint density at radius 3 is 1.91 bits per heavy atom. The van der Waals surface area contributed by atoms with E-state index in [1.807, 2.05) is 12.2 Å². The van der Waals surface area contributed by atoms with Crippen molar-refractivity contribution < 1.29 is 14.7 Å². The summed E-state index contributed by atoms with van der Waals surface area (Å²) < 4.78 is 0. The summed E-state index contributed by atoms with van der Waals surface area (Å²) in [5.74, 6) is 0.553. The number of nitrogens with one attached hydrogen (secondary N) is 1. The van der Waals surface area contributed by atoms with Crippen LogP contribution < -0.4 is 5.32 Å². The maximum absolute atomic E-state index is 12.8. The second-order valence-electron chi connectivity index (χ2n) is 8.18. The SMILES string of the molecule is O=C(O)[C@H]1CC=CC[C@@H]1C(=O)NC12CC3CC(CC(C3)C1)C2. The van der Waals surface area contributed by atoms with E-state index in [0.29, 0.717) is 12.8 Å². The summed E-state index contributed by atoms with van der Waals surface area (Å²) in [7, 11) is 0. The van der Waals surface area contributed by atoms with Crippen molar-refractivity contribution in [3.05, 3.63) is 12.2 Å². The maximum atomic E-state index is 12.8. The van der Waals surface area contributed by atoms with Gasteiger partial charge in [-0.2, -0.15) is 0 Å². The van der Waals surface area contributed by atoms with Gasteiger partial charge in [0.25, 0.3) is 0 Å². The number of carboxylic acid groups (broad SMARTS) is 1. The van der Waals surface area contributed by atoms with Gasteiger partial charge in [0.1, 0.15) is 0 Å². The molecule has 0 aromatic rings. The van der Waals surface area contributed by atoms with Crippen LogP contribution in [0.2, 0.25) is 0 Å². The van der Waals surface area contributed by atoms with Crippen molar-refractivity contribution in [2.24, 2.45) is 29.6 Å². The molecule has 5 aliphatic rings. The number of allylic oxidation sites excluding steroid dienone is 2. The Hall–Kier alpha value is -1.32. The van der Waals surface area contributed by atoms with Gasteiger partial charge in [-0.15, -0.1) is 0 Å². The average molecular weight is 303 g/mol. The minimum atomic E-state index is -0.838. The molecule has 120 valence electrons. The number of carboxylic acids is 1. The maximum Gasteiger partial charge on any atom is 0.307 e. The first-order valence-electron chi connectivity index (χ1n) is 8.74. The zero-order valence-corrected chi connectivity index (χ0v) is 13.0. The predicted octanol–water partition coefficient (Wildman–Crippen LogP) is 2.74. The van der Waals surface area contributed by atoms with Crippen LogP contribution in [0, 0.1) is 29.6 Å². The molecule has 0 aliphatic heterocycles. The topological polar surface area (TPSA) is 66.4 Å². The molecule has 0 radical (unpaired) electrons. The molecule has 22 heavy (non-hydrogen) atoms. The molecule has 4 bridgehead atoms. The summed E-state index contributed by atoms with van der Waals surface area (Å²) in [4.78, 5) is 24.2. The summed E-state index contributed by atoms with van der Waals surface area (Å²) in [5.41, 5.74) is -0.0178. The van der Waals surface area contributed by atoms with Gasteiger partial charge in [-0.3, -0.25) is 9.59 Å². The fraction of sp³-hybridized carbons (Fsp3) is 0.778. The molecule has 2 atom stereocenters. The van der Waals surface area contributed by atoms with Crippen LogP contribution in [0.15, 0.2) is 12.2 Å². The molecule has 0 saturated heterocycles. The molecule has 0 spiro atoms. The van der Waals surface area contributed by atoms with Gasteiger partial charge in [0, 0.05) is 5.54 Å². The Bertz CT molecular complexity index is 489. The van der Waals surface area contributed by atoms with E-state index in [1.54, 1.807) is 0 Å². The van der Waals surface area contributed by atoms with Crippen LogP contribution in [-0.4, -0.2) is 22.5 Å². The molecule has 4 saturated carbocycles. The summed E-state index contributed by atoms with van der Waals surface area (Å²) in [6, 6.07) is 0. The van der Waals surface area contributed by atoms with Gasteiger partial charge in [0.05, 0.1) is 11.8 Å². The average Bonchev–Trinajstić information content (AvgIpc) is 2.45. The minimum Gasteiger partial charge on any atom is -0.481 e. The van der Waals surface area contributed by atoms with Gasteiger partial charge in [-0.25, -0.2) is 0 Å². The quantitative estimate of drug-likeness (QED) is 0.788. The number of carbonyl (C=O) groups is 2. The van der Waals surface area contributed by atoms with Crippen molar-refractivity contribution in [1.29, 1.82) is 0 Å². The Morgan fingerprint density at radius 1 is 0.909 bits per heavy atom. The highest BCUT2D eigenvalue weighted by Crippen LogP contribution is 2.55. The Balaban J connectivity index is 1.49. The van der Waals surface area contributed by atoms with Crippen molar-refractivity contribution in [3.8, 4) is 0 Å². The van der Waals surface area contributed by atoms with Crippen LogP contribution in [0.4, 0.5) is 0 Å². The zero-order valence-electron chi connectivity index (χ0n) is 13.0. The van der Waals surface area contributed by atoms with Crippen molar-refractivity contribution in [3.63, 3.8) is 0 Å². The van der Waals surface area contributed by atoms with Crippen molar-refractivity contribution in [2.75, 3.05) is 0 Å². The lowest BCUT2D eigenvalue weighted by molar-refractivity contribution is -0.148. The number of hydrogen-bond donors (Lipinski definition) is 2. The second kappa shape index (κ2) is 5.10. The summed E-state index contributed by atoms with van der Waals surface area (Å²) in [6.07, 6.45) is 12.3. The van der Waals surface area contributed by atoms with E-state index >= 15 is 0 Å². The first-order chi connectivity index (χ1) is 10.5. The molecule has 4 heteroatoms. The van der Waals surface area contributed by atoms with Crippen LogP contribution in [0.5, 0.6) is 0 Å². The lowest BCUT2D eigenvalue weighted by atomic mass is 9.53. The molecule has 0 heterocycles. The fourth-order valence-electron chi connectivity index (χ4n) is 5.99. The van der Waals surface area contributed by atoms with Gasteiger partial charge in [0.15, 0.2) is 0 Å². The first kappa shape index (κ1) is 14.3. The Labute approximate surface area is 131 Å². The molecule has 2 N–H and O–H groups in total. The Kier molecular flexibility index (Phi) is 3.31. The van der Waals surface area contributed by atoms with Gasteiger partial charge in [-0.1, -0.05) is 12.2 Å². The molecule has 5 rings (SSSR count). The van der Waals surface area contributed by atoms with E-state index in [1.165, 1.54) is 19.3 Å². The molecule has 4 nitrogen and oxygen atoms in total. The zero-order chi connectivity index (χ0) is 15.3. The van der Waals surface area contributed by atoms with Gasteiger partial charge in [0.2, 0.25) is 5.91 Å². The van der Waals surface area contributed by atoms with Crippen molar-refractivity contribution in [2.45, 2.75) is 56.9 Å². The van der Waals surface area contributed by atoms with Crippen LogP contribution in [0.3, 0.4) is 0 Å². The standard InChI is InChI=1S/C18H25NO3/c20-16(14-3-1-2-4-15(14)17(21)22)19-18-8-11-5-12(9-18)7-13(6-11)10-18/h1-2,11-15H,3-10H2,(H,19,20)(H,21,22)/t11?,12?,13?,14-,15-,18?/m0/s1. The lowest BCUT2D eigenvalue weighted by Crippen LogP contribution is -2.61. The molecule has 0 unspecified atom stereocenters. The molecule has 5 aliphatic carbocycles. The number of rotatable bonds is 3. The third-order valence-electron chi connectivity index (χ3n) is 6.51. The first-order valence-corrected chi connectivity index (χ1v) is 8.74. The van der Waals surface area contributed by atoms with E-state index in [4.69, 9.17) is 0 Å². The van der Waals surface area contributed by atoms with E-state index in [0.717, 1.165) is 37.0 Å². The highest BCUT2D eigenvalue weighted by atomic mass is 16.4. The monoisotopic (exact) mass is 303 g/mol. The van der Waals surface area contributed by atoms with E-state index in [9.17, 15) is 14.7 Å². The lowest BCUT2D eigenvalue weighted by Gasteiger charge is -2.57. The smallest absolute Gasteiger partial charge is 0.307 e. The summed E-state index contributed by atoms with van der Waals surface area (Å²) in [5, 5.41) is 12.7. The van der Waals surface area contributed by atoms with E-state index < -0.39 is 17.8 Å². The van der Waals surface area contributed by atoms with Crippen LogP contribution in [0.25, 0.3) is 0 Å². The summed E-state index contributed by atoms with van der Waals surface area (Å²) in [6.45, 7) is 0. The number of carbonyl (C=O) groups excluding carboxylic acids is 1. The molecular weight excluding hydrogens is 278 g/mol. The van der Waals surface area contributed by atoms with Crippen LogP contribution >= 0.6 is 0 Å². The molecule has 1 amide bonds. The second-order valence-corrected chi connectivity index (χ2v) is 8.18. The highest BCUT2D eigenvalue weighted by Gasteiger charge is 2.52. The Morgan fingerprint density at radius 2 is 1.41 bits per heavy atom. The highest BCUT2D eigenvalue weighted by molar-refractivity contribution is 5.85. The fourth-order valence-corrected chi connectivity index (χ4v) is 5.99. The minimum absolute atomic E-state index is 0.0151. The van der Waals surface area contributed by atoms with Crippen molar-refractivity contribution in [1.82, 2.24) is 5.32 Å². The number of aliphatic carboxylic acids is 1. The molecule has 0 aromatic carbocycles. The van der Waals surface area contributed by atoms with Gasteiger partial charge in [-0.05, 0) is 69.1 Å². The third kappa shape index (κ3) is 2.37. The molecule has 4 fully saturated rings. The van der Waals surface area contributed by atoms with E-state index in [-0.39, 0.29) is 11.4 Å². The largest absolute Gasteiger partial charge is 0.481 e. The summed E-state index contributed by atoms with van der Waals surface area (Å²) >= 11 is 0. The number of amides is 1.